The number of rotatable bonds is 19. The molecular formula is C70H47Cl8F9N10O13S4. The highest BCUT2D eigenvalue weighted by atomic mass is 35.5. The lowest BCUT2D eigenvalue weighted by molar-refractivity contribution is -0.138. The molecule has 1 saturated heterocycles. The van der Waals surface area contributed by atoms with Gasteiger partial charge in [0.25, 0.3) is 46.0 Å². The van der Waals surface area contributed by atoms with Gasteiger partial charge in [0.2, 0.25) is 17.5 Å². The number of halogens is 17. The first-order valence-electron chi connectivity index (χ1n) is 31.4. The van der Waals surface area contributed by atoms with Gasteiger partial charge >= 0.3 is 18.5 Å². The number of ketones is 1. The minimum Gasteiger partial charge on any atom is -0.437 e. The van der Waals surface area contributed by atoms with Crippen LogP contribution in [0, 0.1) is 0 Å². The molecule has 4 N–H and O–H groups in total. The number of carbonyl (C=O) groups excluding carboxylic acids is 2. The normalized spacial score (nSPS) is 12.6. The van der Waals surface area contributed by atoms with Crippen molar-refractivity contribution in [2.45, 2.75) is 38.1 Å². The number of anilines is 4. The highest BCUT2D eigenvalue weighted by Gasteiger charge is 2.38. The molecular weight excluding hydrogens is 1770 g/mol. The molecule has 598 valence electrons. The summed E-state index contributed by atoms with van der Waals surface area (Å²) in [6, 6.07) is 37.2. The Labute approximate surface area is 682 Å². The van der Waals surface area contributed by atoms with Crippen LogP contribution in [0.4, 0.5) is 62.3 Å². The van der Waals surface area contributed by atoms with E-state index in [0.29, 0.717) is 42.7 Å². The molecule has 0 bridgehead atoms. The number of carbonyl (C=O) groups is 2. The summed E-state index contributed by atoms with van der Waals surface area (Å²) in [5, 5.41) is -1.33. The van der Waals surface area contributed by atoms with E-state index in [0.717, 1.165) is 48.7 Å². The number of benzene rings is 6. The fraction of sp³-hybridized carbons (Fsp3) is 0.100. The number of ether oxygens (including phenoxy) is 3. The van der Waals surface area contributed by atoms with Crippen molar-refractivity contribution in [2.75, 3.05) is 45.2 Å². The van der Waals surface area contributed by atoms with Gasteiger partial charge < -0.3 is 19.1 Å². The zero-order chi connectivity index (χ0) is 83.3. The second-order valence-corrected chi connectivity index (χ2v) is 32.8. The minimum absolute atomic E-state index is 0.00216. The number of aromatic nitrogens is 5. The zero-order valence-corrected chi connectivity index (χ0v) is 65.9. The van der Waals surface area contributed by atoms with E-state index in [1.165, 1.54) is 78.3 Å². The lowest BCUT2D eigenvalue weighted by Gasteiger charge is -2.27. The fourth-order valence-electron chi connectivity index (χ4n) is 9.41. The molecule has 0 aliphatic carbocycles. The molecule has 0 atom stereocenters. The molecule has 114 heavy (non-hydrogen) atoms. The van der Waals surface area contributed by atoms with Crippen molar-refractivity contribution in [3.8, 4) is 23.3 Å². The predicted molar refractivity (Wildman–Crippen MR) is 408 cm³/mol. The van der Waals surface area contributed by atoms with Gasteiger partial charge in [0.1, 0.15) is 28.6 Å². The highest BCUT2D eigenvalue weighted by Crippen LogP contribution is 2.41. The van der Waals surface area contributed by atoms with Crippen LogP contribution in [0.1, 0.15) is 43.2 Å². The van der Waals surface area contributed by atoms with Crippen LogP contribution in [0.25, 0.3) is 0 Å². The topological polar surface area (TPSA) is 314 Å². The SMILES string of the molecule is O=C(c1ccccc1)c1ncccc1NS(=O)(=O)c1ccc(Cl)c(Cl)c1.O=C(c1ncc(Cl)cc1NS(=O)(=O)c1ccc(Cl)c(C(F)(F)F)c1)N1CCOCC1.O=S(=O)(Nc1cc(Cl)cnc1Oc1ccccc1)c1ccc(Cl)c(C(F)(F)F)c1.O=S(=O)(Nc1cc(Cl)cnc1Oc1cccnc1)c1ccc(Cl)c(C(F)(F)F)c1. The Morgan fingerprint density at radius 1 is 0.386 bits per heavy atom. The van der Waals surface area contributed by atoms with Crippen LogP contribution in [0.5, 0.6) is 23.3 Å². The minimum atomic E-state index is -4.85. The van der Waals surface area contributed by atoms with Gasteiger partial charge in [-0.2, -0.15) is 39.5 Å². The lowest BCUT2D eigenvalue weighted by Crippen LogP contribution is -2.41. The van der Waals surface area contributed by atoms with E-state index in [1.807, 2.05) is 0 Å². The quantitative estimate of drug-likeness (QED) is 0.0432. The van der Waals surface area contributed by atoms with Gasteiger partial charge in [-0.3, -0.25) is 38.4 Å². The van der Waals surface area contributed by atoms with Gasteiger partial charge in [-0.05, 0) is 127 Å². The number of hydrogen-bond donors (Lipinski definition) is 4. The second kappa shape index (κ2) is 37.4. The molecule has 5 aromatic heterocycles. The van der Waals surface area contributed by atoms with Crippen LogP contribution in [0.15, 0.2) is 233 Å². The maximum Gasteiger partial charge on any atom is 0.417 e. The van der Waals surface area contributed by atoms with Crippen LogP contribution < -0.4 is 28.4 Å². The Morgan fingerprint density at radius 2 is 0.772 bits per heavy atom. The molecule has 0 radical (unpaired) electrons. The molecule has 44 heteroatoms. The lowest BCUT2D eigenvalue weighted by atomic mass is 10.1. The van der Waals surface area contributed by atoms with Gasteiger partial charge in [-0.25, -0.2) is 48.6 Å². The molecule has 1 amide bonds. The standard InChI is InChI=1S/C18H11Cl2F3N2O3S.C18H12Cl2N2O3S.C17H14Cl2F3N3O4S.C17H10Cl2F3N3O3S/c19-11-8-16(17(24-10-11)28-12-4-2-1-3-5-12)25-29(26,27)13-6-7-15(20)14(9-13)18(21,22)23;19-14-9-8-13(11-15(14)20)26(24,25)22-16-7-4-10-21-17(16)18(23)12-5-2-1-3-6-12;18-10-7-14(15(23-9-10)16(26)25-3-5-29-6-4-25)24-30(27,28)11-1-2-13(19)12(8-11)17(20,21)22;18-10-6-15(16(24-8-10)28-11-2-1-5-23-9-11)25-29(26,27)12-3-4-14(19)13(7-12)17(20,21)22/h1-10,25H;1-11,22H;1-2,7-9,24H,3-6H2;1-9,25H. The molecule has 0 unspecified atom stereocenters. The monoisotopic (exact) mass is 1810 g/mol. The molecule has 1 fully saturated rings. The van der Waals surface area contributed by atoms with Gasteiger partial charge in [-0.1, -0.05) is 141 Å². The zero-order valence-electron chi connectivity index (χ0n) is 56.6. The van der Waals surface area contributed by atoms with E-state index in [9.17, 15) is 82.8 Å². The van der Waals surface area contributed by atoms with Crippen molar-refractivity contribution in [3.63, 3.8) is 0 Å². The van der Waals surface area contributed by atoms with Crippen LogP contribution in [-0.2, 0) is 63.4 Å². The average molecular weight is 1820 g/mol. The summed E-state index contributed by atoms with van der Waals surface area (Å²) < 4.78 is 244. The summed E-state index contributed by atoms with van der Waals surface area (Å²) in [5.74, 6) is -0.634. The van der Waals surface area contributed by atoms with E-state index >= 15 is 0 Å². The number of morpholine rings is 1. The molecule has 6 aromatic carbocycles. The van der Waals surface area contributed by atoms with E-state index in [2.05, 4.69) is 43.8 Å². The Hall–Kier alpha value is -9.54. The number of pyridine rings is 5. The second-order valence-electron chi connectivity index (χ2n) is 22.7. The van der Waals surface area contributed by atoms with Gasteiger partial charge in [0.05, 0.1) is 107 Å². The first-order valence-corrected chi connectivity index (χ1v) is 40.3. The van der Waals surface area contributed by atoms with E-state index in [-0.39, 0.29) is 94.7 Å². The summed E-state index contributed by atoms with van der Waals surface area (Å²) in [6.07, 6.45) is -6.58. The number of amides is 1. The molecule has 12 rings (SSSR count). The van der Waals surface area contributed by atoms with Crippen molar-refractivity contribution in [1.82, 2.24) is 29.8 Å². The van der Waals surface area contributed by atoms with E-state index in [4.69, 9.17) is 107 Å². The highest BCUT2D eigenvalue weighted by molar-refractivity contribution is 7.93. The third kappa shape index (κ3) is 23.8. The third-order valence-corrected chi connectivity index (χ3v) is 22.5. The maximum absolute atomic E-state index is 13.1. The third-order valence-electron chi connectivity index (χ3n) is 14.7. The number of hydrogen-bond acceptors (Lipinski definition) is 18. The van der Waals surface area contributed by atoms with Crippen molar-refractivity contribution >= 4 is 167 Å². The van der Waals surface area contributed by atoms with Crippen LogP contribution in [-0.4, -0.2) is 101 Å². The number of sulfonamides is 4. The molecule has 6 heterocycles. The molecule has 1 aliphatic rings. The number of nitrogens with one attached hydrogen (secondary N) is 4. The van der Waals surface area contributed by atoms with Crippen molar-refractivity contribution in [2.24, 2.45) is 0 Å². The number of alkyl halides is 9. The summed E-state index contributed by atoms with van der Waals surface area (Å²) >= 11 is 46.0. The molecule has 0 spiro atoms. The Bertz CT molecular complexity index is 5670. The fourth-order valence-corrected chi connectivity index (χ4v) is 15.2. The van der Waals surface area contributed by atoms with Crippen LogP contribution >= 0.6 is 92.8 Å². The number of nitrogens with zero attached hydrogens (tertiary/aromatic N) is 6. The Morgan fingerprint density at radius 3 is 1.21 bits per heavy atom. The average Bonchev–Trinajstić information content (AvgIpc) is 0.802. The van der Waals surface area contributed by atoms with Crippen molar-refractivity contribution in [3.05, 3.63) is 287 Å². The summed E-state index contributed by atoms with van der Waals surface area (Å²) in [5.41, 5.74) is -4.20. The first-order chi connectivity index (χ1) is 53.5. The largest absolute Gasteiger partial charge is 0.437 e. The number of para-hydroxylation sites is 1. The summed E-state index contributed by atoms with van der Waals surface area (Å²) in [6.45, 7) is 1.18. The van der Waals surface area contributed by atoms with Gasteiger partial charge in [-0.15, -0.1) is 0 Å². The smallest absolute Gasteiger partial charge is 0.417 e. The van der Waals surface area contributed by atoms with Crippen LogP contribution in [0.2, 0.25) is 40.2 Å². The van der Waals surface area contributed by atoms with Gasteiger partial charge in [0.15, 0.2) is 5.69 Å². The summed E-state index contributed by atoms with van der Waals surface area (Å²) in [7, 11) is -17.4. The first kappa shape index (κ1) is 88.4. The molecule has 23 nitrogen and oxygen atoms in total. The maximum atomic E-state index is 13.1. The molecule has 1 aliphatic heterocycles. The van der Waals surface area contributed by atoms with E-state index in [1.54, 1.807) is 72.8 Å². The van der Waals surface area contributed by atoms with E-state index < -0.39 is 117 Å². The van der Waals surface area contributed by atoms with Crippen molar-refractivity contribution in [1.29, 1.82) is 0 Å². The Kier molecular flexibility index (Phi) is 29.0. The molecule has 11 aromatic rings. The molecule has 0 saturated carbocycles. The predicted octanol–water partition coefficient (Wildman–Crippen LogP) is 19.5. The van der Waals surface area contributed by atoms with Crippen LogP contribution in [0.3, 0.4) is 0 Å². The van der Waals surface area contributed by atoms with Crippen molar-refractivity contribution < 1.29 is 97.0 Å². The van der Waals surface area contributed by atoms with Gasteiger partial charge in [0, 0.05) is 49.6 Å². The Balaban J connectivity index is 0.000000174. The summed E-state index contributed by atoms with van der Waals surface area (Å²) in [4.78, 5) is 44.4.